The maximum atomic E-state index is 11.6. The van der Waals surface area contributed by atoms with Gasteiger partial charge in [0, 0.05) is 25.8 Å². The number of carbonyl (C=O) groups is 1. The fourth-order valence-corrected chi connectivity index (χ4v) is 1.33. The average Bonchev–Trinajstić information content (AvgIpc) is 2.59. The lowest BCUT2D eigenvalue weighted by molar-refractivity contribution is -0.123. The van der Waals surface area contributed by atoms with Gasteiger partial charge in [-0.2, -0.15) is 5.10 Å². The normalized spacial score (nSPS) is 12.8. The van der Waals surface area contributed by atoms with Crippen LogP contribution in [-0.2, 0) is 18.4 Å². The van der Waals surface area contributed by atoms with Crippen LogP contribution in [0.15, 0.2) is 12.3 Å². The molecule has 0 aromatic carbocycles. The molecule has 90 valence electrons. The van der Waals surface area contributed by atoms with E-state index >= 15 is 0 Å². The highest BCUT2D eigenvalue weighted by atomic mass is 16.2. The van der Waals surface area contributed by atoms with Crippen molar-refractivity contribution < 1.29 is 4.79 Å². The van der Waals surface area contributed by atoms with Gasteiger partial charge in [0.1, 0.15) is 0 Å². The predicted molar refractivity (Wildman–Crippen MR) is 62.8 cm³/mol. The molecule has 1 amide bonds. The first-order chi connectivity index (χ1) is 7.50. The second-order valence-corrected chi connectivity index (χ2v) is 4.21. The third kappa shape index (κ3) is 3.66. The van der Waals surface area contributed by atoms with E-state index in [1.54, 1.807) is 10.9 Å². The Balaban J connectivity index is 2.38. The van der Waals surface area contributed by atoms with E-state index in [4.69, 9.17) is 0 Å². The Hall–Kier alpha value is -1.36. The molecule has 1 unspecified atom stereocenters. The summed E-state index contributed by atoms with van der Waals surface area (Å²) < 4.78 is 1.79. The summed E-state index contributed by atoms with van der Waals surface area (Å²) >= 11 is 0. The summed E-state index contributed by atoms with van der Waals surface area (Å²) in [7, 11) is 1.88. The van der Waals surface area contributed by atoms with Crippen LogP contribution in [0.25, 0.3) is 0 Å². The molecule has 0 fully saturated rings. The number of aromatic nitrogens is 2. The molecular formula is C11H20N4O. The van der Waals surface area contributed by atoms with Crippen molar-refractivity contribution >= 4 is 5.91 Å². The van der Waals surface area contributed by atoms with E-state index in [1.165, 1.54) is 0 Å². The van der Waals surface area contributed by atoms with Crippen molar-refractivity contribution in [3.63, 3.8) is 0 Å². The van der Waals surface area contributed by atoms with Gasteiger partial charge < -0.3 is 10.6 Å². The number of nitrogens with zero attached hydrogens (tertiary/aromatic N) is 2. The van der Waals surface area contributed by atoms with Gasteiger partial charge in [-0.3, -0.25) is 9.48 Å². The van der Waals surface area contributed by atoms with Gasteiger partial charge >= 0.3 is 0 Å². The fourth-order valence-electron chi connectivity index (χ4n) is 1.33. The Morgan fingerprint density at radius 3 is 2.69 bits per heavy atom. The van der Waals surface area contributed by atoms with Crippen molar-refractivity contribution in [2.45, 2.75) is 39.4 Å². The van der Waals surface area contributed by atoms with Crippen LogP contribution >= 0.6 is 0 Å². The second kappa shape index (κ2) is 5.65. The predicted octanol–water partition coefficient (Wildman–Crippen LogP) is 0.423. The maximum Gasteiger partial charge on any atom is 0.237 e. The van der Waals surface area contributed by atoms with Gasteiger partial charge in [0.05, 0.1) is 11.7 Å². The molecule has 1 aromatic heterocycles. The van der Waals surface area contributed by atoms with Crippen molar-refractivity contribution in [3.05, 3.63) is 18.0 Å². The monoisotopic (exact) mass is 224 g/mol. The van der Waals surface area contributed by atoms with Crippen molar-refractivity contribution in [2.75, 3.05) is 0 Å². The van der Waals surface area contributed by atoms with Crippen LogP contribution in [0.3, 0.4) is 0 Å². The minimum atomic E-state index is -0.197. The zero-order valence-corrected chi connectivity index (χ0v) is 10.3. The molecule has 1 heterocycles. The van der Waals surface area contributed by atoms with E-state index < -0.39 is 0 Å². The molecule has 0 saturated heterocycles. The molecule has 0 bridgehead atoms. The molecule has 5 heteroatoms. The Labute approximate surface area is 96.2 Å². The molecule has 0 spiro atoms. The highest BCUT2D eigenvalue weighted by Crippen LogP contribution is 1.96. The summed E-state index contributed by atoms with van der Waals surface area (Å²) in [6, 6.07) is 1.91. The van der Waals surface area contributed by atoms with Gasteiger partial charge in [-0.25, -0.2) is 0 Å². The lowest BCUT2D eigenvalue weighted by Crippen LogP contribution is -2.44. The summed E-state index contributed by atoms with van der Waals surface area (Å²) in [5.41, 5.74) is 1.06. The van der Waals surface area contributed by atoms with Gasteiger partial charge in [-0.05, 0) is 26.8 Å². The number of hydrogen-bond acceptors (Lipinski definition) is 3. The molecule has 0 aliphatic heterocycles. The zero-order chi connectivity index (χ0) is 12.1. The number of amides is 1. The highest BCUT2D eigenvalue weighted by molar-refractivity contribution is 5.81. The Morgan fingerprint density at radius 2 is 2.19 bits per heavy atom. The lowest BCUT2D eigenvalue weighted by Gasteiger charge is -2.15. The van der Waals surface area contributed by atoms with Gasteiger partial charge in [0.15, 0.2) is 0 Å². The first-order valence-electron chi connectivity index (χ1n) is 5.51. The van der Waals surface area contributed by atoms with Gasteiger partial charge in [0.25, 0.3) is 0 Å². The highest BCUT2D eigenvalue weighted by Gasteiger charge is 2.13. The number of carbonyl (C=O) groups excluding carboxylic acids is 1. The van der Waals surface area contributed by atoms with E-state index in [0.29, 0.717) is 6.54 Å². The summed E-state index contributed by atoms with van der Waals surface area (Å²) in [4.78, 5) is 11.6. The summed E-state index contributed by atoms with van der Waals surface area (Å²) in [5.74, 6) is 0.0252. The topological polar surface area (TPSA) is 59.0 Å². The number of nitrogens with one attached hydrogen (secondary N) is 2. The quantitative estimate of drug-likeness (QED) is 0.762. The van der Waals surface area contributed by atoms with E-state index in [1.807, 2.05) is 33.9 Å². The standard InChI is InChI=1S/C11H20N4O/c1-8(2)14-11(16)9(3)12-7-10-5-6-13-15(10)4/h5-6,8-9,12H,7H2,1-4H3,(H,14,16). The second-order valence-electron chi connectivity index (χ2n) is 4.21. The minimum Gasteiger partial charge on any atom is -0.353 e. The molecule has 1 aromatic rings. The third-order valence-electron chi connectivity index (χ3n) is 2.34. The smallest absolute Gasteiger partial charge is 0.237 e. The minimum absolute atomic E-state index is 0.0252. The van der Waals surface area contributed by atoms with E-state index in [9.17, 15) is 4.79 Å². The van der Waals surface area contributed by atoms with Crippen LogP contribution < -0.4 is 10.6 Å². The number of rotatable bonds is 5. The third-order valence-corrected chi connectivity index (χ3v) is 2.34. The largest absolute Gasteiger partial charge is 0.353 e. The van der Waals surface area contributed by atoms with Gasteiger partial charge in [-0.1, -0.05) is 0 Å². The Kier molecular flexibility index (Phi) is 4.49. The number of aryl methyl sites for hydroxylation is 1. The molecule has 0 saturated carbocycles. The summed E-state index contributed by atoms with van der Waals surface area (Å²) in [6.45, 7) is 6.40. The van der Waals surface area contributed by atoms with Crippen LogP contribution in [0.2, 0.25) is 0 Å². The van der Waals surface area contributed by atoms with Gasteiger partial charge in [-0.15, -0.1) is 0 Å². The molecule has 2 N–H and O–H groups in total. The summed E-state index contributed by atoms with van der Waals surface area (Å²) in [5, 5.41) is 10.1. The maximum absolute atomic E-state index is 11.6. The summed E-state index contributed by atoms with van der Waals surface area (Å²) in [6.07, 6.45) is 1.75. The lowest BCUT2D eigenvalue weighted by atomic mass is 10.2. The van der Waals surface area contributed by atoms with Crippen molar-refractivity contribution in [2.24, 2.45) is 7.05 Å². The number of hydrogen-bond donors (Lipinski definition) is 2. The SMILES string of the molecule is CC(C)NC(=O)C(C)NCc1ccnn1C. The van der Waals surface area contributed by atoms with Crippen LogP contribution in [0, 0.1) is 0 Å². The average molecular weight is 224 g/mol. The molecule has 1 rings (SSSR count). The van der Waals surface area contributed by atoms with Crippen LogP contribution in [-0.4, -0.2) is 27.8 Å². The molecule has 0 radical (unpaired) electrons. The van der Waals surface area contributed by atoms with E-state index in [0.717, 1.165) is 5.69 Å². The first-order valence-corrected chi connectivity index (χ1v) is 5.51. The molecule has 1 atom stereocenters. The van der Waals surface area contributed by atoms with E-state index in [2.05, 4.69) is 15.7 Å². The molecular weight excluding hydrogens is 204 g/mol. The van der Waals surface area contributed by atoms with E-state index in [-0.39, 0.29) is 18.0 Å². The van der Waals surface area contributed by atoms with Crippen LogP contribution in [0.5, 0.6) is 0 Å². The Bertz CT molecular complexity index is 346. The molecule has 16 heavy (non-hydrogen) atoms. The molecule has 0 aliphatic carbocycles. The zero-order valence-electron chi connectivity index (χ0n) is 10.3. The molecule has 0 aliphatic rings. The Morgan fingerprint density at radius 1 is 1.50 bits per heavy atom. The molecule has 5 nitrogen and oxygen atoms in total. The van der Waals surface area contributed by atoms with Crippen molar-refractivity contribution in [1.82, 2.24) is 20.4 Å². The fraction of sp³-hybridized carbons (Fsp3) is 0.636. The first kappa shape index (κ1) is 12.7. The van der Waals surface area contributed by atoms with Crippen molar-refractivity contribution in [3.8, 4) is 0 Å². The van der Waals surface area contributed by atoms with Crippen molar-refractivity contribution in [1.29, 1.82) is 0 Å². The van der Waals surface area contributed by atoms with Crippen LogP contribution in [0.1, 0.15) is 26.5 Å². The van der Waals surface area contributed by atoms with Gasteiger partial charge in [0.2, 0.25) is 5.91 Å². The van der Waals surface area contributed by atoms with Crippen LogP contribution in [0.4, 0.5) is 0 Å².